The van der Waals surface area contributed by atoms with Gasteiger partial charge in [0.25, 0.3) is 0 Å². The van der Waals surface area contributed by atoms with Crippen molar-refractivity contribution in [2.24, 2.45) is 0 Å². The van der Waals surface area contributed by atoms with Crippen LogP contribution in [0.4, 0.5) is 0 Å². The highest BCUT2D eigenvalue weighted by Gasteiger charge is 1.98. The van der Waals surface area contributed by atoms with E-state index in [1.807, 2.05) is 12.1 Å². The van der Waals surface area contributed by atoms with E-state index in [4.69, 9.17) is 24.4 Å². The van der Waals surface area contributed by atoms with Gasteiger partial charge in [0, 0.05) is 0 Å². The number of rotatable bonds is 0. The highest BCUT2D eigenvalue weighted by atomic mass is 32.1. The number of nitrogens with one attached hydrogen (secondary N) is 2. The van der Waals surface area contributed by atoms with Crippen molar-refractivity contribution in [3.63, 3.8) is 0 Å². The highest BCUT2D eigenvalue weighted by Crippen LogP contribution is 2.19. The molecular formula is C12H8N2S2. The van der Waals surface area contributed by atoms with Crippen LogP contribution in [0.25, 0.3) is 21.8 Å². The Bertz CT molecular complexity index is 731. The van der Waals surface area contributed by atoms with E-state index in [-0.39, 0.29) is 0 Å². The Morgan fingerprint density at radius 2 is 1.19 bits per heavy atom. The summed E-state index contributed by atoms with van der Waals surface area (Å²) in [5.74, 6) is 0. The molecule has 0 saturated carbocycles. The van der Waals surface area contributed by atoms with E-state index in [1.165, 1.54) is 10.8 Å². The molecule has 1 heterocycles. The molecule has 78 valence electrons. The molecule has 0 aliphatic carbocycles. The second-order valence-electron chi connectivity index (χ2n) is 3.65. The van der Waals surface area contributed by atoms with Gasteiger partial charge in [0.15, 0.2) is 0 Å². The first-order valence-electron chi connectivity index (χ1n) is 4.89. The summed E-state index contributed by atoms with van der Waals surface area (Å²) in [6, 6.07) is 12.3. The highest BCUT2D eigenvalue weighted by molar-refractivity contribution is 7.73. The number of fused-ring (bicyclic) bond motifs is 2. The van der Waals surface area contributed by atoms with Crippen LogP contribution >= 0.6 is 24.4 Å². The lowest BCUT2D eigenvalue weighted by atomic mass is 10.1. The Balaban J connectivity index is 2.56. The summed E-state index contributed by atoms with van der Waals surface area (Å²) < 4.78 is 1.16. The van der Waals surface area contributed by atoms with Gasteiger partial charge in [-0.3, -0.25) is 0 Å². The number of H-pyrrole nitrogens is 2. The maximum atomic E-state index is 5.11. The van der Waals surface area contributed by atoms with Gasteiger partial charge >= 0.3 is 0 Å². The van der Waals surface area contributed by atoms with Crippen LogP contribution in [0, 0.1) is 9.28 Å². The van der Waals surface area contributed by atoms with Crippen LogP contribution in [0.2, 0.25) is 0 Å². The maximum absolute atomic E-state index is 5.11. The lowest BCUT2D eigenvalue weighted by Gasteiger charge is -2.02. The summed E-state index contributed by atoms with van der Waals surface area (Å²) in [4.78, 5) is 6.26. The first-order valence-corrected chi connectivity index (χ1v) is 5.71. The zero-order chi connectivity index (χ0) is 11.1. The van der Waals surface area contributed by atoms with Gasteiger partial charge in [-0.2, -0.15) is 0 Å². The Hall–Kier alpha value is -1.52. The van der Waals surface area contributed by atoms with E-state index in [9.17, 15) is 0 Å². The molecule has 0 spiro atoms. The standard InChI is InChI=1S/C12H8N2S2/c15-11-12(16)14-10-6-8-4-2-1-3-7(8)5-9(10)13-11/h1-6H,(H,13,15)(H,14,16). The second kappa shape index (κ2) is 3.50. The van der Waals surface area contributed by atoms with Gasteiger partial charge in [-0.05, 0) is 22.9 Å². The van der Waals surface area contributed by atoms with Gasteiger partial charge < -0.3 is 9.97 Å². The largest absolute Gasteiger partial charge is 0.342 e. The minimum Gasteiger partial charge on any atom is -0.342 e. The van der Waals surface area contributed by atoms with Crippen LogP contribution in [0.15, 0.2) is 36.4 Å². The Morgan fingerprint density at radius 1 is 0.750 bits per heavy atom. The normalized spacial score (nSPS) is 11.0. The number of benzene rings is 2. The van der Waals surface area contributed by atoms with Gasteiger partial charge in [-0.25, -0.2) is 0 Å². The molecule has 0 bridgehead atoms. The topological polar surface area (TPSA) is 31.6 Å². The van der Waals surface area contributed by atoms with Crippen LogP contribution < -0.4 is 0 Å². The number of hydrogen-bond acceptors (Lipinski definition) is 2. The zero-order valence-corrected chi connectivity index (χ0v) is 9.91. The predicted molar refractivity (Wildman–Crippen MR) is 71.8 cm³/mol. The zero-order valence-electron chi connectivity index (χ0n) is 8.28. The molecule has 2 N–H and O–H groups in total. The van der Waals surface area contributed by atoms with Crippen molar-refractivity contribution in [1.82, 2.24) is 9.97 Å². The molecule has 16 heavy (non-hydrogen) atoms. The van der Waals surface area contributed by atoms with Crippen molar-refractivity contribution in [1.29, 1.82) is 0 Å². The molecule has 0 aliphatic heterocycles. The van der Waals surface area contributed by atoms with Crippen molar-refractivity contribution >= 4 is 46.2 Å². The third-order valence-electron chi connectivity index (χ3n) is 2.59. The van der Waals surface area contributed by atoms with Gasteiger partial charge in [0.05, 0.1) is 11.0 Å². The first-order chi connectivity index (χ1) is 7.74. The molecule has 4 heteroatoms. The SMILES string of the molecule is S=c1[nH]c2cc3ccccc3cc2[nH]c1=S. The summed E-state index contributed by atoms with van der Waals surface area (Å²) in [5.41, 5.74) is 1.97. The molecule has 0 amide bonds. The summed E-state index contributed by atoms with van der Waals surface area (Å²) in [5, 5.41) is 2.37. The molecule has 2 aromatic carbocycles. The Labute approximate surface area is 102 Å². The molecule has 0 atom stereocenters. The molecule has 0 fully saturated rings. The summed E-state index contributed by atoms with van der Waals surface area (Å²) >= 11 is 10.2. The summed E-state index contributed by atoms with van der Waals surface area (Å²) in [7, 11) is 0. The lowest BCUT2D eigenvalue weighted by Crippen LogP contribution is -1.86. The molecule has 0 unspecified atom stereocenters. The summed E-state index contributed by atoms with van der Waals surface area (Å²) in [6.07, 6.45) is 0. The van der Waals surface area contributed by atoms with E-state index < -0.39 is 0 Å². The molecule has 0 radical (unpaired) electrons. The second-order valence-corrected chi connectivity index (χ2v) is 4.47. The fourth-order valence-electron chi connectivity index (χ4n) is 1.81. The fraction of sp³-hybridized carbons (Fsp3) is 0. The van der Waals surface area contributed by atoms with Crippen molar-refractivity contribution in [3.8, 4) is 0 Å². The van der Waals surface area contributed by atoms with Gasteiger partial charge in [0.2, 0.25) is 0 Å². The Morgan fingerprint density at radius 3 is 1.62 bits per heavy atom. The van der Waals surface area contributed by atoms with Gasteiger partial charge in [-0.15, -0.1) is 0 Å². The third-order valence-corrected chi connectivity index (χ3v) is 3.33. The van der Waals surface area contributed by atoms with Crippen molar-refractivity contribution in [3.05, 3.63) is 45.7 Å². The van der Waals surface area contributed by atoms with E-state index in [0.717, 1.165) is 11.0 Å². The van der Waals surface area contributed by atoms with Crippen LogP contribution in [0.3, 0.4) is 0 Å². The van der Waals surface area contributed by atoms with Crippen LogP contribution in [0.1, 0.15) is 0 Å². The van der Waals surface area contributed by atoms with Crippen LogP contribution in [0.5, 0.6) is 0 Å². The minimum absolute atomic E-state index is 0.581. The first kappa shape index (κ1) is 9.69. The number of hydrogen-bond donors (Lipinski definition) is 2. The van der Waals surface area contributed by atoms with E-state index in [2.05, 4.69) is 34.2 Å². The van der Waals surface area contributed by atoms with Crippen LogP contribution in [-0.4, -0.2) is 9.97 Å². The van der Waals surface area contributed by atoms with Crippen molar-refractivity contribution < 1.29 is 0 Å². The molecule has 0 saturated heterocycles. The fourth-order valence-corrected chi connectivity index (χ4v) is 2.13. The van der Waals surface area contributed by atoms with E-state index in [1.54, 1.807) is 0 Å². The minimum atomic E-state index is 0.581. The third kappa shape index (κ3) is 1.47. The van der Waals surface area contributed by atoms with Crippen molar-refractivity contribution in [2.75, 3.05) is 0 Å². The molecule has 3 aromatic rings. The van der Waals surface area contributed by atoms with Gasteiger partial charge in [-0.1, -0.05) is 48.7 Å². The molecular weight excluding hydrogens is 236 g/mol. The average Bonchev–Trinajstić information content (AvgIpc) is 2.28. The molecule has 1 aromatic heterocycles. The lowest BCUT2D eigenvalue weighted by molar-refractivity contribution is 1.25. The number of aromatic nitrogens is 2. The quantitative estimate of drug-likeness (QED) is 0.460. The predicted octanol–water partition coefficient (Wildman–Crippen LogP) is 4.11. The molecule has 0 aliphatic rings. The average molecular weight is 244 g/mol. The van der Waals surface area contributed by atoms with Crippen molar-refractivity contribution in [2.45, 2.75) is 0 Å². The van der Waals surface area contributed by atoms with Crippen LogP contribution in [-0.2, 0) is 0 Å². The monoisotopic (exact) mass is 244 g/mol. The molecule has 2 nitrogen and oxygen atoms in total. The smallest absolute Gasteiger partial charge is 0.138 e. The maximum Gasteiger partial charge on any atom is 0.138 e. The van der Waals surface area contributed by atoms with E-state index in [0.29, 0.717) is 9.28 Å². The Kier molecular flexibility index (Phi) is 2.12. The number of aromatic amines is 2. The van der Waals surface area contributed by atoms with E-state index >= 15 is 0 Å². The summed E-state index contributed by atoms with van der Waals surface area (Å²) in [6.45, 7) is 0. The molecule has 3 rings (SSSR count). The van der Waals surface area contributed by atoms with Gasteiger partial charge in [0.1, 0.15) is 9.28 Å².